The third kappa shape index (κ3) is 21.9. The van der Waals surface area contributed by atoms with Gasteiger partial charge >= 0.3 is 23.9 Å². The van der Waals surface area contributed by atoms with Crippen LogP contribution in [0, 0.1) is 107 Å². The predicted octanol–water partition coefficient (Wildman–Crippen LogP) is 24.3. The van der Waals surface area contributed by atoms with Gasteiger partial charge in [0, 0.05) is 46.3 Å². The second-order valence-electron chi connectivity index (χ2n) is 41.5. The van der Waals surface area contributed by atoms with Gasteiger partial charge in [-0.3, -0.25) is 24.0 Å². The molecule has 4 saturated carbocycles. The van der Waals surface area contributed by atoms with Crippen molar-refractivity contribution in [2.24, 2.45) is 30.7 Å². The number of aliphatic carboxylic acids is 4. The lowest BCUT2D eigenvalue weighted by atomic mass is 9.89. The van der Waals surface area contributed by atoms with E-state index in [0.29, 0.717) is 139 Å². The van der Waals surface area contributed by atoms with Gasteiger partial charge in [-0.1, -0.05) is 84.9 Å². The average Bonchev–Trinajstić information content (AvgIpc) is 1.57. The van der Waals surface area contributed by atoms with E-state index in [1.165, 1.54) is 29.1 Å². The highest BCUT2D eigenvalue weighted by atomic mass is 19.1. The Balaban J connectivity index is 0.000000128. The maximum Gasteiger partial charge on any atom is 0.307 e. The molecule has 1 heterocycles. The molecule has 0 radical (unpaired) electrons. The first-order chi connectivity index (χ1) is 69.7. The van der Waals surface area contributed by atoms with Crippen molar-refractivity contribution >= 4 is 29.8 Å². The van der Waals surface area contributed by atoms with Crippen LogP contribution in [0.5, 0.6) is 28.7 Å². The number of nitrogens with zero attached hydrogens (tertiary/aromatic N) is 5. The molecule has 22 nitrogen and oxygen atoms in total. The molecule has 1 amide bonds. The third-order valence-corrected chi connectivity index (χ3v) is 29.7. The third-order valence-electron chi connectivity index (χ3n) is 29.7. The van der Waals surface area contributed by atoms with Crippen molar-refractivity contribution in [3.05, 3.63) is 340 Å². The smallest absolute Gasteiger partial charge is 0.307 e. The highest BCUT2D eigenvalue weighted by molar-refractivity contribution is 5.96. The van der Waals surface area contributed by atoms with E-state index in [0.717, 1.165) is 152 Å². The number of carboxylic acids is 4. The second-order valence-corrected chi connectivity index (χ2v) is 41.5. The predicted molar refractivity (Wildman–Crippen MR) is 545 cm³/mol. The van der Waals surface area contributed by atoms with Crippen molar-refractivity contribution in [1.29, 1.82) is 5.26 Å². The van der Waals surface area contributed by atoms with E-state index in [1.807, 2.05) is 198 Å². The van der Waals surface area contributed by atoms with Gasteiger partial charge in [-0.2, -0.15) is 10.1 Å². The number of amides is 1. The number of fused-ring (bicyclic) bond motifs is 4. The summed E-state index contributed by atoms with van der Waals surface area (Å²) < 4.78 is 91.2. The number of carbonyl (C=O) groups is 5. The number of rotatable bonds is 28. The van der Waals surface area contributed by atoms with E-state index in [2.05, 4.69) is 40.6 Å². The number of ether oxygens (including phenoxy) is 5. The second kappa shape index (κ2) is 41.4. The largest absolute Gasteiger partial charge is 0.493 e. The molecule has 0 aliphatic heterocycles. The molecule has 0 spiro atoms. The lowest BCUT2D eigenvalue weighted by molar-refractivity contribution is -0.139. The van der Waals surface area contributed by atoms with Gasteiger partial charge < -0.3 is 59.6 Å². The van der Waals surface area contributed by atoms with Crippen molar-refractivity contribution < 1.29 is 95.9 Å². The van der Waals surface area contributed by atoms with E-state index in [-0.39, 0.29) is 101 Å². The number of aromatic nitrogens is 4. The Morgan fingerprint density at radius 2 is 0.740 bits per heavy atom. The number of hydrogen-bond donors (Lipinski definition) is 7. The Kier molecular flexibility index (Phi) is 28.7. The molecule has 7 N–H and O–H groups in total. The maximum atomic E-state index is 15.2. The number of carbonyl (C=O) groups excluding carboxylic acids is 1. The fourth-order valence-electron chi connectivity index (χ4n) is 22.0. The van der Waals surface area contributed by atoms with E-state index in [4.69, 9.17) is 28.8 Å². The number of nitriles is 1. The number of carboxylic acid groups (broad SMARTS) is 4. The molecule has 1 aromatic heterocycles. The Hall–Kier alpha value is -14.8. The van der Waals surface area contributed by atoms with E-state index in [1.54, 1.807) is 46.9 Å². The number of nitrogens with one attached hydrogen (secondary N) is 1. The van der Waals surface area contributed by atoms with Crippen LogP contribution in [-0.4, -0.2) is 105 Å². The quantitative estimate of drug-likeness (QED) is 0.0224. The summed E-state index contributed by atoms with van der Waals surface area (Å²) in [5.74, 6) is -1.35. The minimum absolute atomic E-state index is 0.0502. The summed E-state index contributed by atoms with van der Waals surface area (Å²) in [7, 11) is 1.74. The van der Waals surface area contributed by atoms with Crippen molar-refractivity contribution in [1.82, 2.24) is 25.5 Å². The molecule has 0 unspecified atom stereocenters. The zero-order valence-corrected chi connectivity index (χ0v) is 83.6. The van der Waals surface area contributed by atoms with Crippen molar-refractivity contribution in [2.75, 3.05) is 13.2 Å². The van der Waals surface area contributed by atoms with E-state index >= 15 is 13.2 Å². The Morgan fingerprint density at radius 3 is 1.04 bits per heavy atom. The number of benzene rings is 12. The van der Waals surface area contributed by atoms with Crippen molar-refractivity contribution in [2.45, 2.75) is 219 Å². The molecule has 752 valence electrons. The molecular formula is C120H118F4N6O16. The lowest BCUT2D eigenvalue weighted by Gasteiger charge is -2.20. The minimum atomic E-state index is -1.00. The Labute approximate surface area is 845 Å². The van der Waals surface area contributed by atoms with Crippen molar-refractivity contribution in [3.63, 3.8) is 0 Å². The number of aryl methyl sites for hydroxylation is 7. The van der Waals surface area contributed by atoms with Gasteiger partial charge in [0.05, 0.1) is 60.2 Å². The van der Waals surface area contributed by atoms with Crippen LogP contribution < -0.4 is 29.0 Å². The number of aliphatic hydroxyl groups is 2. The monoisotopic (exact) mass is 1970 g/mol. The SMILES string of the molecule is Cc1c(C#N)cccc1-c1ccc(F)c2c1CC[C@H]2Oc1ccc([C@H]2C[C@@H]2C(=O)O)cc1.Cc1cc(-c2nnn(C)n2)cc(C)c1-c1ccc(F)c2c1CC[C@H]2Oc1ccc([C@H]2C[C@@H]2C(=O)O)cc1.Cc1cc(C(=O)NCC(C)(C)O)cc(C)c1-c1ccc(F)c2c1CC[C@H]2Oc1ccc([C@H]2C[C@@H]2C(=O)O)cc1.Cc1cc(OCCC(C)(C)O)cc(C)c1-c1ccc(F)c2c1CC[C@H]2Oc1ccc([C@H]2C[C@@H]2C(=O)O)cc1. The molecule has 13 aromatic rings. The van der Waals surface area contributed by atoms with Gasteiger partial charge in [-0.15, -0.1) is 10.2 Å². The van der Waals surface area contributed by atoms with Crippen LogP contribution in [0.1, 0.15) is 255 Å². The van der Waals surface area contributed by atoms with Crippen LogP contribution in [-0.2, 0) is 51.9 Å². The molecule has 12 aromatic carbocycles. The van der Waals surface area contributed by atoms with E-state index in [9.17, 15) is 59.2 Å². The van der Waals surface area contributed by atoms with Gasteiger partial charge in [0.15, 0.2) is 0 Å². The first-order valence-corrected chi connectivity index (χ1v) is 49.9. The number of tetrazole rings is 1. The number of hydrogen-bond acceptors (Lipinski definition) is 16. The van der Waals surface area contributed by atoms with Crippen LogP contribution in [0.4, 0.5) is 17.6 Å². The molecule has 4 fully saturated rings. The van der Waals surface area contributed by atoms with E-state index < -0.39 is 41.2 Å². The highest BCUT2D eigenvalue weighted by Gasteiger charge is 2.48. The summed E-state index contributed by atoms with van der Waals surface area (Å²) >= 11 is 0. The van der Waals surface area contributed by atoms with Crippen LogP contribution in [0.2, 0.25) is 0 Å². The summed E-state index contributed by atoms with van der Waals surface area (Å²) in [5, 5.41) is 81.1. The van der Waals surface area contributed by atoms with Crippen LogP contribution in [0.3, 0.4) is 0 Å². The molecule has 12 atom stereocenters. The standard InChI is InChI=1S/C32H34FNO5.C32H35FO5.C29H27FN4O3.C27H22FNO3/c1-17-13-20(30(35)34-16-32(3,4)38)14-18(2)28(17)22-9-11-26(33)29-23(22)10-12-27(29)39-21-7-5-19(6-8-21)24-15-25(24)31(36)37;1-18-15-22(37-14-13-32(3,4)36)16-19(2)29(18)23-9-11-27(33)30-24(23)10-12-28(30)38-21-7-5-20(6-8-21)25-17-26(25)31(34)35;1-15-12-18(28-31-33-34(3)32-28)13-16(2)26(15)20-8-10-24(30)27-21(20)9-11-25(27)37-19-6-4-17(5-7-19)22-14-23(22)29(35)36;1-15-17(14-29)3-2-4-19(15)20-9-11-24(28)26-21(20)10-12-25(26)32-18-7-5-16(6-8-18)22-13-23(22)27(30)31/h5-9,11,13-14,24-25,27,38H,10,12,15-16H2,1-4H3,(H,34,35)(H,36,37);5-9,11,15-16,25-26,28,36H,10,12-14,17H2,1-4H3,(H,34,35);4-8,10,12-13,22-23,25H,9,11,14H2,1-3H3,(H,35,36);2-9,11,22-23,25H,10,12-13H2,1H3,(H,30,31)/t24-,25+,27-;25-,26+,28-;2*22-,23+,25-/m1111/s1. The molecule has 8 aliphatic rings. The average molecular weight is 1980 g/mol. The topological polar surface area (TPSA) is 332 Å². The molecule has 0 saturated heterocycles. The highest BCUT2D eigenvalue weighted by Crippen LogP contribution is 2.55. The van der Waals surface area contributed by atoms with Crippen molar-refractivity contribution in [3.8, 4) is 90.7 Å². The van der Waals surface area contributed by atoms with Gasteiger partial charge in [-0.25, -0.2) is 17.6 Å². The molecule has 21 rings (SSSR count). The normalized spacial score (nSPS) is 20.3. The number of halogens is 4. The molecule has 146 heavy (non-hydrogen) atoms. The summed E-state index contributed by atoms with van der Waals surface area (Å²) in [5.41, 5.74) is 25.5. The van der Waals surface area contributed by atoms with Crippen LogP contribution in [0.15, 0.2) is 200 Å². The van der Waals surface area contributed by atoms with Crippen LogP contribution >= 0.6 is 0 Å². The lowest BCUT2D eigenvalue weighted by Crippen LogP contribution is -2.38. The van der Waals surface area contributed by atoms with Gasteiger partial charge in [0.25, 0.3) is 5.91 Å². The summed E-state index contributed by atoms with van der Waals surface area (Å²) in [6.45, 7) is 21.4. The fraction of sp³-hybridized carbons (Fsp3) is 0.342. The first kappa shape index (κ1) is 101. The molecule has 8 aliphatic carbocycles. The summed E-state index contributed by atoms with van der Waals surface area (Å²) in [4.78, 5) is 58.8. The summed E-state index contributed by atoms with van der Waals surface area (Å²) in [6, 6.07) is 63.1. The zero-order chi connectivity index (χ0) is 103. The first-order valence-electron chi connectivity index (χ1n) is 49.9. The molecule has 26 heteroatoms. The van der Waals surface area contributed by atoms with Crippen LogP contribution in [0.25, 0.3) is 55.9 Å². The molecule has 0 bridgehead atoms. The minimum Gasteiger partial charge on any atom is -0.493 e. The molecular weight excluding hydrogens is 1860 g/mol. The van der Waals surface area contributed by atoms with Gasteiger partial charge in [0.1, 0.15) is 76.4 Å². The Bertz CT molecular complexity index is 7240. The van der Waals surface area contributed by atoms with Gasteiger partial charge in [-0.05, 0) is 425 Å². The van der Waals surface area contributed by atoms with Gasteiger partial charge in [0.2, 0.25) is 5.82 Å². The summed E-state index contributed by atoms with van der Waals surface area (Å²) in [6.07, 6.45) is 7.14. The zero-order valence-electron chi connectivity index (χ0n) is 83.6. The fourth-order valence-corrected chi connectivity index (χ4v) is 22.0. The Morgan fingerprint density at radius 1 is 0.418 bits per heavy atom. The maximum absolute atomic E-state index is 15.2.